The van der Waals surface area contributed by atoms with E-state index in [1.165, 1.54) is 23.9 Å². The van der Waals surface area contributed by atoms with E-state index in [9.17, 15) is 14.9 Å². The molecule has 4 rings (SSSR count). The molecule has 33 heavy (non-hydrogen) atoms. The van der Waals surface area contributed by atoms with Crippen LogP contribution < -0.4 is 5.32 Å². The highest BCUT2D eigenvalue weighted by atomic mass is 32.2. The van der Waals surface area contributed by atoms with Crippen molar-refractivity contribution in [3.05, 3.63) is 106 Å². The van der Waals surface area contributed by atoms with Gasteiger partial charge in [-0.15, -0.1) is 10.2 Å². The number of para-hydroxylation sites is 1. The van der Waals surface area contributed by atoms with Crippen LogP contribution in [0.25, 0.3) is 5.69 Å². The van der Waals surface area contributed by atoms with Gasteiger partial charge in [0.1, 0.15) is 5.82 Å². The molecule has 8 nitrogen and oxygen atoms in total. The molecule has 1 heterocycles. The Labute approximate surface area is 194 Å². The van der Waals surface area contributed by atoms with Gasteiger partial charge in [0, 0.05) is 24.2 Å². The van der Waals surface area contributed by atoms with E-state index in [0.717, 1.165) is 22.6 Å². The number of nitrogens with one attached hydrogen (secondary N) is 1. The third-order valence-corrected chi connectivity index (χ3v) is 5.89. The third kappa shape index (κ3) is 5.45. The maximum Gasteiger partial charge on any atom is 0.271 e. The van der Waals surface area contributed by atoms with Gasteiger partial charge in [-0.25, -0.2) is 0 Å². The average Bonchev–Trinajstić information content (AvgIpc) is 3.22. The van der Waals surface area contributed by atoms with Crippen molar-refractivity contribution in [1.82, 2.24) is 14.8 Å². The van der Waals surface area contributed by atoms with E-state index in [2.05, 4.69) is 15.5 Å². The molecule has 0 unspecified atom stereocenters. The van der Waals surface area contributed by atoms with Gasteiger partial charge >= 0.3 is 0 Å². The number of aryl methyl sites for hydroxylation is 1. The van der Waals surface area contributed by atoms with E-state index in [0.29, 0.717) is 17.3 Å². The molecule has 166 valence electrons. The molecule has 1 amide bonds. The number of anilines is 1. The van der Waals surface area contributed by atoms with E-state index in [4.69, 9.17) is 0 Å². The smallest absolute Gasteiger partial charge is 0.271 e. The quantitative estimate of drug-likeness (QED) is 0.231. The number of amides is 1. The number of hydrogen-bond donors (Lipinski definition) is 1. The van der Waals surface area contributed by atoms with Gasteiger partial charge in [0.05, 0.1) is 16.4 Å². The van der Waals surface area contributed by atoms with Crippen molar-refractivity contribution in [2.45, 2.75) is 18.5 Å². The van der Waals surface area contributed by atoms with Crippen LogP contribution >= 0.6 is 11.8 Å². The molecule has 1 N–H and O–H groups in total. The lowest BCUT2D eigenvalue weighted by Gasteiger charge is -2.11. The normalized spacial score (nSPS) is 10.7. The SMILES string of the molecule is Cc1ccc([N+](=O)[O-])cc1NC(=O)CSc1nnc(Cc2ccccc2)n1-c1ccccc1. The summed E-state index contributed by atoms with van der Waals surface area (Å²) in [7, 11) is 0. The zero-order valence-corrected chi connectivity index (χ0v) is 18.7. The summed E-state index contributed by atoms with van der Waals surface area (Å²) in [5.74, 6) is 0.568. The van der Waals surface area contributed by atoms with Crippen LogP contribution in [0.4, 0.5) is 11.4 Å². The fraction of sp³-hybridized carbons (Fsp3) is 0.125. The minimum absolute atomic E-state index is 0.0714. The van der Waals surface area contributed by atoms with Crippen LogP contribution in [0.15, 0.2) is 84.0 Å². The first-order valence-corrected chi connectivity index (χ1v) is 11.2. The van der Waals surface area contributed by atoms with Gasteiger partial charge in [-0.2, -0.15) is 0 Å². The van der Waals surface area contributed by atoms with Gasteiger partial charge in [-0.1, -0.05) is 66.4 Å². The molecule has 0 saturated heterocycles. The van der Waals surface area contributed by atoms with Gasteiger partial charge in [0.25, 0.3) is 5.69 Å². The highest BCUT2D eigenvalue weighted by Crippen LogP contribution is 2.25. The molecule has 0 radical (unpaired) electrons. The zero-order chi connectivity index (χ0) is 23.2. The molecule has 0 saturated carbocycles. The second-order valence-corrected chi connectivity index (χ2v) is 8.27. The highest BCUT2D eigenvalue weighted by molar-refractivity contribution is 7.99. The number of aromatic nitrogens is 3. The number of hydrogen-bond acceptors (Lipinski definition) is 6. The second kappa shape index (κ2) is 10.1. The summed E-state index contributed by atoms with van der Waals surface area (Å²) < 4.78 is 1.95. The Bertz CT molecular complexity index is 1280. The number of thioether (sulfide) groups is 1. The first kappa shape index (κ1) is 22.2. The van der Waals surface area contributed by atoms with Crippen molar-refractivity contribution in [2.75, 3.05) is 11.1 Å². The van der Waals surface area contributed by atoms with Crippen LogP contribution in [0.3, 0.4) is 0 Å². The number of benzene rings is 3. The van der Waals surface area contributed by atoms with Gasteiger partial charge in [-0.05, 0) is 30.2 Å². The molecule has 0 spiro atoms. The predicted molar refractivity (Wildman–Crippen MR) is 128 cm³/mol. The minimum Gasteiger partial charge on any atom is -0.325 e. The van der Waals surface area contributed by atoms with Crippen molar-refractivity contribution < 1.29 is 9.72 Å². The average molecular weight is 460 g/mol. The molecule has 0 aliphatic rings. The number of nitro groups is 1. The lowest BCUT2D eigenvalue weighted by molar-refractivity contribution is -0.384. The van der Waals surface area contributed by atoms with Gasteiger partial charge in [0.2, 0.25) is 5.91 Å². The zero-order valence-electron chi connectivity index (χ0n) is 17.8. The molecular formula is C24H21N5O3S. The van der Waals surface area contributed by atoms with Crippen LogP contribution in [-0.2, 0) is 11.2 Å². The Balaban J connectivity index is 1.53. The lowest BCUT2D eigenvalue weighted by Crippen LogP contribution is -2.15. The predicted octanol–water partition coefficient (Wildman–Crippen LogP) is 4.81. The Morgan fingerprint density at radius 2 is 1.73 bits per heavy atom. The standard InChI is InChI=1S/C24H21N5O3S/c1-17-12-13-20(29(31)32)15-21(17)25-23(30)16-33-24-27-26-22(14-18-8-4-2-5-9-18)28(24)19-10-6-3-7-11-19/h2-13,15H,14,16H2,1H3,(H,25,30). The lowest BCUT2D eigenvalue weighted by atomic mass is 10.1. The fourth-order valence-electron chi connectivity index (χ4n) is 3.30. The third-order valence-electron chi connectivity index (χ3n) is 4.96. The maximum atomic E-state index is 12.6. The maximum absolute atomic E-state index is 12.6. The first-order chi connectivity index (χ1) is 16.0. The molecule has 0 atom stereocenters. The van der Waals surface area contributed by atoms with Crippen molar-refractivity contribution >= 4 is 29.0 Å². The van der Waals surface area contributed by atoms with E-state index >= 15 is 0 Å². The molecule has 3 aromatic carbocycles. The fourth-order valence-corrected chi connectivity index (χ4v) is 4.07. The Morgan fingerprint density at radius 1 is 1.03 bits per heavy atom. The number of nitrogens with zero attached hydrogens (tertiary/aromatic N) is 4. The molecule has 0 aliphatic heterocycles. The van der Waals surface area contributed by atoms with E-state index < -0.39 is 4.92 Å². The molecule has 0 aliphatic carbocycles. The van der Waals surface area contributed by atoms with Crippen molar-refractivity contribution in [3.8, 4) is 5.69 Å². The monoisotopic (exact) mass is 459 g/mol. The van der Waals surface area contributed by atoms with Gasteiger partial charge < -0.3 is 5.32 Å². The molecule has 4 aromatic rings. The van der Waals surface area contributed by atoms with Crippen LogP contribution in [-0.4, -0.2) is 31.3 Å². The topological polar surface area (TPSA) is 103 Å². The molecule has 9 heteroatoms. The summed E-state index contributed by atoms with van der Waals surface area (Å²) in [6.45, 7) is 1.79. The van der Waals surface area contributed by atoms with Gasteiger partial charge in [0.15, 0.2) is 5.16 Å². The van der Waals surface area contributed by atoms with Crippen LogP contribution in [0, 0.1) is 17.0 Å². The summed E-state index contributed by atoms with van der Waals surface area (Å²) in [4.78, 5) is 23.2. The summed E-state index contributed by atoms with van der Waals surface area (Å²) in [6, 6.07) is 24.1. The number of carbonyl (C=O) groups excluding carboxylic acids is 1. The van der Waals surface area contributed by atoms with Crippen LogP contribution in [0.2, 0.25) is 0 Å². The molecule has 0 fully saturated rings. The van der Waals surface area contributed by atoms with Crippen LogP contribution in [0.1, 0.15) is 17.0 Å². The Hall–Kier alpha value is -3.98. The van der Waals surface area contributed by atoms with Crippen molar-refractivity contribution in [3.63, 3.8) is 0 Å². The molecule has 0 bridgehead atoms. The summed E-state index contributed by atoms with van der Waals surface area (Å²) >= 11 is 1.26. The Kier molecular flexibility index (Phi) is 6.80. The number of rotatable bonds is 8. The highest BCUT2D eigenvalue weighted by Gasteiger charge is 2.17. The number of non-ortho nitro benzene ring substituents is 1. The van der Waals surface area contributed by atoms with Crippen molar-refractivity contribution in [1.29, 1.82) is 0 Å². The van der Waals surface area contributed by atoms with Crippen LogP contribution in [0.5, 0.6) is 0 Å². The summed E-state index contributed by atoms with van der Waals surface area (Å²) in [5, 5.41) is 23.1. The summed E-state index contributed by atoms with van der Waals surface area (Å²) in [5.41, 5.74) is 3.11. The molecule has 1 aromatic heterocycles. The van der Waals surface area contributed by atoms with E-state index in [-0.39, 0.29) is 17.3 Å². The van der Waals surface area contributed by atoms with E-state index in [1.54, 1.807) is 13.0 Å². The van der Waals surface area contributed by atoms with E-state index in [1.807, 2.05) is 65.2 Å². The largest absolute Gasteiger partial charge is 0.325 e. The first-order valence-electron chi connectivity index (χ1n) is 10.2. The van der Waals surface area contributed by atoms with Gasteiger partial charge in [-0.3, -0.25) is 19.5 Å². The molecular weight excluding hydrogens is 438 g/mol. The number of nitro benzene ring substituents is 1. The minimum atomic E-state index is -0.486. The second-order valence-electron chi connectivity index (χ2n) is 7.33. The Morgan fingerprint density at radius 3 is 2.42 bits per heavy atom. The van der Waals surface area contributed by atoms with Crippen molar-refractivity contribution in [2.24, 2.45) is 0 Å². The number of carbonyl (C=O) groups is 1. The summed E-state index contributed by atoms with van der Waals surface area (Å²) in [6.07, 6.45) is 0.600.